The van der Waals surface area contributed by atoms with Crippen molar-refractivity contribution in [1.82, 2.24) is 10.3 Å². The Morgan fingerprint density at radius 3 is 2.48 bits per heavy atom. The smallest absolute Gasteiger partial charge is 0.0961 e. The lowest BCUT2D eigenvalue weighted by atomic mass is 10.0. The van der Waals surface area contributed by atoms with E-state index in [1.165, 1.54) is 16.7 Å². The highest BCUT2D eigenvalue weighted by Crippen LogP contribution is 2.25. The number of hydrogen-bond acceptors (Lipinski definition) is 3. The van der Waals surface area contributed by atoms with E-state index in [0.29, 0.717) is 6.04 Å². The van der Waals surface area contributed by atoms with Gasteiger partial charge in [0.05, 0.1) is 5.03 Å². The largest absolute Gasteiger partial charge is 0.309 e. The molecule has 1 heterocycles. The molecule has 4 heteroatoms. The number of pyridine rings is 1. The van der Waals surface area contributed by atoms with Crippen molar-refractivity contribution in [3.63, 3.8) is 0 Å². The lowest BCUT2D eigenvalue weighted by molar-refractivity contribution is 0.605. The van der Waals surface area contributed by atoms with Gasteiger partial charge >= 0.3 is 0 Å². The van der Waals surface area contributed by atoms with Crippen LogP contribution in [0.3, 0.4) is 0 Å². The molecule has 0 saturated carbocycles. The van der Waals surface area contributed by atoms with Crippen LogP contribution in [0.25, 0.3) is 0 Å². The van der Waals surface area contributed by atoms with E-state index in [0.717, 1.165) is 21.8 Å². The number of benzene rings is 1. The van der Waals surface area contributed by atoms with Crippen LogP contribution in [0.2, 0.25) is 0 Å². The summed E-state index contributed by atoms with van der Waals surface area (Å²) >= 11 is 5.21. The Hall–Kier alpha value is -0.840. The Labute approximate surface area is 139 Å². The number of hydrogen-bond donors (Lipinski definition) is 1. The number of halogens is 1. The van der Waals surface area contributed by atoms with Gasteiger partial charge in [0.15, 0.2) is 0 Å². The van der Waals surface area contributed by atoms with Gasteiger partial charge < -0.3 is 5.32 Å². The molecule has 0 spiro atoms. The van der Waals surface area contributed by atoms with Crippen LogP contribution in [-0.4, -0.2) is 17.3 Å². The number of thioether (sulfide) groups is 1. The Balaban J connectivity index is 2.09. The highest BCUT2D eigenvalue weighted by molar-refractivity contribution is 9.10. The van der Waals surface area contributed by atoms with Gasteiger partial charge in [-0.05, 0) is 54.0 Å². The molecule has 2 nitrogen and oxygen atoms in total. The van der Waals surface area contributed by atoms with Crippen molar-refractivity contribution in [3.05, 3.63) is 57.7 Å². The Morgan fingerprint density at radius 1 is 1.19 bits per heavy atom. The first-order valence-corrected chi connectivity index (χ1v) is 8.92. The van der Waals surface area contributed by atoms with Crippen LogP contribution in [0.15, 0.2) is 46.0 Å². The van der Waals surface area contributed by atoms with E-state index in [9.17, 15) is 0 Å². The summed E-state index contributed by atoms with van der Waals surface area (Å²) in [5.41, 5.74) is 4.00. The van der Waals surface area contributed by atoms with Gasteiger partial charge in [-0.25, -0.2) is 4.98 Å². The molecule has 1 atom stereocenters. The zero-order valence-corrected chi connectivity index (χ0v) is 15.1. The maximum absolute atomic E-state index is 4.43. The summed E-state index contributed by atoms with van der Waals surface area (Å²) in [6, 6.07) is 11.2. The molecule has 0 aliphatic heterocycles. The molecule has 1 aromatic heterocycles. The van der Waals surface area contributed by atoms with Crippen LogP contribution >= 0.6 is 27.7 Å². The van der Waals surface area contributed by atoms with Crippen LogP contribution in [-0.2, 0) is 0 Å². The summed E-state index contributed by atoms with van der Waals surface area (Å²) in [5, 5.41) is 4.64. The number of rotatable bonds is 6. The Bertz CT molecular complexity index is 564. The summed E-state index contributed by atoms with van der Waals surface area (Å²) in [6.45, 7) is 7.43. The first-order valence-electron chi connectivity index (χ1n) is 7.14. The van der Waals surface area contributed by atoms with Crippen molar-refractivity contribution >= 4 is 27.7 Å². The molecular formula is C17H21BrN2S. The van der Waals surface area contributed by atoms with Gasteiger partial charge in [0, 0.05) is 22.5 Å². The topological polar surface area (TPSA) is 24.9 Å². The van der Waals surface area contributed by atoms with E-state index in [4.69, 9.17) is 0 Å². The van der Waals surface area contributed by atoms with Crippen molar-refractivity contribution < 1.29 is 0 Å². The van der Waals surface area contributed by atoms with Crippen molar-refractivity contribution in [2.24, 2.45) is 0 Å². The minimum Gasteiger partial charge on any atom is -0.309 e. The van der Waals surface area contributed by atoms with Crippen molar-refractivity contribution in [3.8, 4) is 0 Å². The fraction of sp³-hybridized carbons (Fsp3) is 0.353. The summed E-state index contributed by atoms with van der Waals surface area (Å²) < 4.78 is 1.02. The summed E-state index contributed by atoms with van der Waals surface area (Å²) in [6.07, 6.45) is 1.85. The maximum atomic E-state index is 4.43. The summed E-state index contributed by atoms with van der Waals surface area (Å²) in [5.74, 6) is 0.978. The highest BCUT2D eigenvalue weighted by Gasteiger charge is 2.12. The van der Waals surface area contributed by atoms with E-state index in [2.05, 4.69) is 71.3 Å². The first kappa shape index (κ1) is 16.5. The molecule has 1 N–H and O–H groups in total. The number of nitrogens with one attached hydrogen (secondary N) is 1. The highest BCUT2D eigenvalue weighted by atomic mass is 79.9. The molecule has 0 bridgehead atoms. The first-order chi connectivity index (χ1) is 10.1. The van der Waals surface area contributed by atoms with Gasteiger partial charge in [-0.3, -0.25) is 0 Å². The molecule has 112 valence electrons. The lowest BCUT2D eigenvalue weighted by Gasteiger charge is -2.19. The van der Waals surface area contributed by atoms with E-state index in [-0.39, 0.29) is 0 Å². The number of aromatic nitrogens is 1. The van der Waals surface area contributed by atoms with Crippen LogP contribution in [0.1, 0.15) is 29.7 Å². The van der Waals surface area contributed by atoms with Crippen LogP contribution in [0.5, 0.6) is 0 Å². The van der Waals surface area contributed by atoms with Gasteiger partial charge in [0.25, 0.3) is 0 Å². The van der Waals surface area contributed by atoms with Crippen LogP contribution in [0.4, 0.5) is 0 Å². The molecule has 0 radical (unpaired) electrons. The summed E-state index contributed by atoms with van der Waals surface area (Å²) in [4.78, 5) is 4.43. The second-order valence-electron chi connectivity index (χ2n) is 5.16. The average molecular weight is 365 g/mol. The van der Waals surface area contributed by atoms with Crippen molar-refractivity contribution in [2.75, 3.05) is 12.3 Å². The van der Waals surface area contributed by atoms with Gasteiger partial charge in [-0.2, -0.15) is 0 Å². The second kappa shape index (κ2) is 7.97. The fourth-order valence-corrected chi connectivity index (χ4v) is 3.52. The van der Waals surface area contributed by atoms with E-state index < -0.39 is 0 Å². The third-order valence-electron chi connectivity index (χ3n) is 3.20. The summed E-state index contributed by atoms with van der Waals surface area (Å²) in [7, 11) is 0. The van der Waals surface area contributed by atoms with E-state index in [1.807, 2.05) is 12.3 Å². The molecule has 0 amide bonds. The normalized spacial score (nSPS) is 12.4. The molecule has 0 aliphatic carbocycles. The molecule has 0 aliphatic rings. The Morgan fingerprint density at radius 2 is 1.90 bits per heavy atom. The van der Waals surface area contributed by atoms with E-state index >= 15 is 0 Å². The minimum atomic E-state index is 0.351. The van der Waals surface area contributed by atoms with Gasteiger partial charge in [0.2, 0.25) is 0 Å². The van der Waals surface area contributed by atoms with Gasteiger partial charge in [-0.15, -0.1) is 11.8 Å². The number of aryl methyl sites for hydroxylation is 2. The van der Waals surface area contributed by atoms with Gasteiger partial charge in [0.1, 0.15) is 0 Å². The molecule has 0 saturated heterocycles. The van der Waals surface area contributed by atoms with Crippen molar-refractivity contribution in [1.29, 1.82) is 0 Å². The average Bonchev–Trinajstić information content (AvgIpc) is 2.44. The third kappa shape index (κ3) is 5.13. The van der Waals surface area contributed by atoms with Crippen LogP contribution < -0.4 is 5.32 Å². The predicted molar refractivity (Wildman–Crippen MR) is 95.0 cm³/mol. The number of nitrogens with zero attached hydrogens (tertiary/aromatic N) is 1. The molecular weight excluding hydrogens is 344 g/mol. The molecule has 21 heavy (non-hydrogen) atoms. The molecule has 1 unspecified atom stereocenters. The van der Waals surface area contributed by atoms with Crippen LogP contribution in [0, 0.1) is 13.8 Å². The fourth-order valence-electron chi connectivity index (χ4n) is 2.35. The quantitative estimate of drug-likeness (QED) is 0.737. The monoisotopic (exact) mass is 364 g/mol. The molecule has 0 fully saturated rings. The van der Waals surface area contributed by atoms with E-state index in [1.54, 1.807) is 11.8 Å². The predicted octanol–water partition coefficient (Wildman–Crippen LogP) is 4.90. The second-order valence-corrected chi connectivity index (χ2v) is 7.11. The van der Waals surface area contributed by atoms with Gasteiger partial charge in [-0.1, -0.05) is 36.2 Å². The maximum Gasteiger partial charge on any atom is 0.0961 e. The third-order valence-corrected chi connectivity index (χ3v) is 4.70. The molecule has 1 aromatic carbocycles. The zero-order chi connectivity index (χ0) is 15.2. The lowest BCUT2D eigenvalue weighted by Crippen LogP contribution is -2.23. The molecule has 2 rings (SSSR count). The molecule has 2 aromatic rings. The zero-order valence-electron chi connectivity index (χ0n) is 12.7. The standard InChI is InChI=1S/C17H21BrN2S/c1-4-19-16(14-8-12(2)7-13(3)9-14)11-21-17-6-5-15(18)10-20-17/h5-10,16,19H,4,11H2,1-3H3. The minimum absolute atomic E-state index is 0.351. The Kier molecular flexibility index (Phi) is 6.27. The van der Waals surface area contributed by atoms with Crippen molar-refractivity contribution in [2.45, 2.75) is 31.8 Å². The SMILES string of the molecule is CCNC(CSc1ccc(Br)cn1)c1cc(C)cc(C)c1.